The molecule has 1 aromatic rings. The standard InChI is InChI=1S/C13H17ClN2O2/c1-18-12-7-9(14)4-5-11(12)13(17)16-10-3-2-6-15-8-10/h4-5,7,10,15H,2-3,6,8H2,1H3,(H,16,17). The van der Waals surface area contributed by atoms with Gasteiger partial charge in [-0.1, -0.05) is 11.6 Å². The molecule has 1 unspecified atom stereocenters. The molecule has 1 aliphatic rings. The van der Waals surface area contributed by atoms with E-state index in [0.717, 1.165) is 25.9 Å². The molecule has 1 heterocycles. The number of amides is 1. The van der Waals surface area contributed by atoms with Crippen LogP contribution in [0.1, 0.15) is 23.2 Å². The molecule has 1 atom stereocenters. The van der Waals surface area contributed by atoms with Gasteiger partial charge in [-0.15, -0.1) is 0 Å². The van der Waals surface area contributed by atoms with Gasteiger partial charge in [0.15, 0.2) is 0 Å². The van der Waals surface area contributed by atoms with Crippen LogP contribution in [0.25, 0.3) is 0 Å². The van der Waals surface area contributed by atoms with Crippen molar-refractivity contribution in [3.63, 3.8) is 0 Å². The molecule has 0 spiro atoms. The molecule has 1 aliphatic heterocycles. The highest BCUT2D eigenvalue weighted by Crippen LogP contribution is 2.23. The fourth-order valence-corrected chi connectivity index (χ4v) is 2.25. The Balaban J connectivity index is 2.08. The maximum absolute atomic E-state index is 12.1. The topological polar surface area (TPSA) is 50.4 Å². The highest BCUT2D eigenvalue weighted by molar-refractivity contribution is 6.30. The predicted octanol–water partition coefficient (Wildman–Crippen LogP) is 1.83. The first-order valence-electron chi connectivity index (χ1n) is 6.06. The van der Waals surface area contributed by atoms with Gasteiger partial charge < -0.3 is 15.4 Å². The van der Waals surface area contributed by atoms with Gasteiger partial charge in [-0.2, -0.15) is 0 Å². The first-order valence-corrected chi connectivity index (χ1v) is 6.43. The van der Waals surface area contributed by atoms with Gasteiger partial charge in [0.25, 0.3) is 5.91 Å². The number of methoxy groups -OCH3 is 1. The van der Waals surface area contributed by atoms with Gasteiger partial charge in [-0.05, 0) is 37.6 Å². The summed E-state index contributed by atoms with van der Waals surface area (Å²) in [5, 5.41) is 6.83. The predicted molar refractivity (Wildman–Crippen MR) is 71.4 cm³/mol. The van der Waals surface area contributed by atoms with E-state index in [1.165, 1.54) is 7.11 Å². The van der Waals surface area contributed by atoms with E-state index >= 15 is 0 Å². The summed E-state index contributed by atoms with van der Waals surface area (Å²) >= 11 is 5.87. The minimum atomic E-state index is -0.114. The molecule has 18 heavy (non-hydrogen) atoms. The Morgan fingerprint density at radius 2 is 2.39 bits per heavy atom. The Morgan fingerprint density at radius 3 is 3.06 bits per heavy atom. The summed E-state index contributed by atoms with van der Waals surface area (Å²) < 4.78 is 5.18. The number of piperidine rings is 1. The normalized spacial score (nSPS) is 19.3. The van der Waals surface area contributed by atoms with Crippen LogP contribution in [0.5, 0.6) is 5.75 Å². The molecule has 1 amide bonds. The molecule has 98 valence electrons. The fraction of sp³-hybridized carbons (Fsp3) is 0.462. The number of rotatable bonds is 3. The summed E-state index contributed by atoms with van der Waals surface area (Å²) in [6.07, 6.45) is 2.09. The quantitative estimate of drug-likeness (QED) is 0.879. The van der Waals surface area contributed by atoms with Crippen LogP contribution in [0.15, 0.2) is 18.2 Å². The molecule has 0 saturated carbocycles. The summed E-state index contributed by atoms with van der Waals surface area (Å²) in [5.74, 6) is 0.390. The molecule has 4 nitrogen and oxygen atoms in total. The average Bonchev–Trinajstić information content (AvgIpc) is 2.39. The number of hydrogen-bond acceptors (Lipinski definition) is 3. The summed E-state index contributed by atoms with van der Waals surface area (Å²) in [4.78, 5) is 12.1. The zero-order chi connectivity index (χ0) is 13.0. The fourth-order valence-electron chi connectivity index (χ4n) is 2.09. The minimum Gasteiger partial charge on any atom is -0.496 e. The number of nitrogens with one attached hydrogen (secondary N) is 2. The number of ether oxygens (including phenoxy) is 1. The monoisotopic (exact) mass is 268 g/mol. The zero-order valence-electron chi connectivity index (χ0n) is 10.3. The smallest absolute Gasteiger partial charge is 0.255 e. The van der Waals surface area contributed by atoms with Crippen LogP contribution in [-0.2, 0) is 0 Å². The van der Waals surface area contributed by atoms with Crippen molar-refractivity contribution in [2.75, 3.05) is 20.2 Å². The Bertz CT molecular complexity index is 431. The van der Waals surface area contributed by atoms with Gasteiger partial charge in [0.2, 0.25) is 0 Å². The third kappa shape index (κ3) is 3.15. The third-order valence-corrected chi connectivity index (χ3v) is 3.28. The lowest BCUT2D eigenvalue weighted by molar-refractivity contribution is 0.0927. The zero-order valence-corrected chi connectivity index (χ0v) is 11.1. The van der Waals surface area contributed by atoms with E-state index in [9.17, 15) is 4.79 Å². The molecule has 0 aromatic heterocycles. The van der Waals surface area contributed by atoms with Crippen molar-refractivity contribution in [3.05, 3.63) is 28.8 Å². The molecular weight excluding hydrogens is 252 g/mol. The maximum atomic E-state index is 12.1. The summed E-state index contributed by atoms with van der Waals surface area (Å²) in [7, 11) is 1.53. The van der Waals surface area contributed by atoms with Gasteiger partial charge in [-0.3, -0.25) is 4.79 Å². The summed E-state index contributed by atoms with van der Waals surface area (Å²) in [6, 6.07) is 5.21. The second-order valence-corrected chi connectivity index (χ2v) is 4.80. The van der Waals surface area contributed by atoms with Crippen LogP contribution < -0.4 is 15.4 Å². The average molecular weight is 269 g/mol. The van der Waals surface area contributed by atoms with Gasteiger partial charge >= 0.3 is 0 Å². The Kier molecular flexibility index (Phi) is 4.44. The molecule has 2 N–H and O–H groups in total. The highest BCUT2D eigenvalue weighted by atomic mass is 35.5. The van der Waals surface area contributed by atoms with Crippen LogP contribution in [0.4, 0.5) is 0 Å². The molecule has 0 radical (unpaired) electrons. The first kappa shape index (κ1) is 13.2. The van der Waals surface area contributed by atoms with Crippen LogP contribution in [0.3, 0.4) is 0 Å². The Labute approximate surface area is 112 Å². The maximum Gasteiger partial charge on any atom is 0.255 e. The first-order chi connectivity index (χ1) is 8.70. The number of hydrogen-bond donors (Lipinski definition) is 2. The number of carbonyl (C=O) groups is 1. The van der Waals surface area contributed by atoms with Crippen LogP contribution in [0, 0.1) is 0 Å². The number of halogens is 1. The molecular formula is C13H17ClN2O2. The van der Waals surface area contributed by atoms with Gasteiger partial charge in [0, 0.05) is 17.6 Å². The van der Waals surface area contributed by atoms with Crippen molar-refractivity contribution in [2.24, 2.45) is 0 Å². The van der Waals surface area contributed by atoms with E-state index in [-0.39, 0.29) is 11.9 Å². The number of carbonyl (C=O) groups excluding carboxylic acids is 1. The van der Waals surface area contributed by atoms with Gasteiger partial charge in [0.1, 0.15) is 5.75 Å². The van der Waals surface area contributed by atoms with Gasteiger partial charge in [-0.25, -0.2) is 0 Å². The van der Waals surface area contributed by atoms with Crippen molar-refractivity contribution in [2.45, 2.75) is 18.9 Å². The lowest BCUT2D eigenvalue weighted by atomic mass is 10.1. The van der Waals surface area contributed by atoms with E-state index in [2.05, 4.69) is 10.6 Å². The molecule has 2 rings (SSSR count). The van der Waals surface area contributed by atoms with E-state index < -0.39 is 0 Å². The SMILES string of the molecule is COc1cc(Cl)ccc1C(=O)NC1CCCNC1. The summed E-state index contributed by atoms with van der Waals surface area (Å²) in [5.41, 5.74) is 0.521. The van der Waals surface area contributed by atoms with E-state index in [4.69, 9.17) is 16.3 Å². The van der Waals surface area contributed by atoms with Crippen LogP contribution in [-0.4, -0.2) is 32.1 Å². The highest BCUT2D eigenvalue weighted by Gasteiger charge is 2.18. The molecule has 1 saturated heterocycles. The van der Waals surface area contributed by atoms with E-state index in [1.54, 1.807) is 18.2 Å². The summed E-state index contributed by atoms with van der Waals surface area (Å²) in [6.45, 7) is 1.85. The Morgan fingerprint density at radius 1 is 1.56 bits per heavy atom. The Hall–Kier alpha value is -1.26. The number of benzene rings is 1. The van der Waals surface area contributed by atoms with Crippen LogP contribution >= 0.6 is 11.6 Å². The molecule has 5 heteroatoms. The second-order valence-electron chi connectivity index (χ2n) is 4.36. The van der Waals surface area contributed by atoms with Crippen molar-refractivity contribution < 1.29 is 9.53 Å². The van der Waals surface area contributed by atoms with Crippen molar-refractivity contribution in [3.8, 4) is 5.75 Å². The lowest BCUT2D eigenvalue weighted by Gasteiger charge is -2.24. The minimum absolute atomic E-state index is 0.114. The third-order valence-electron chi connectivity index (χ3n) is 3.04. The molecule has 1 fully saturated rings. The molecule has 0 bridgehead atoms. The van der Waals surface area contributed by atoms with Crippen LogP contribution in [0.2, 0.25) is 5.02 Å². The largest absolute Gasteiger partial charge is 0.496 e. The van der Waals surface area contributed by atoms with E-state index in [0.29, 0.717) is 16.3 Å². The van der Waals surface area contributed by atoms with Crippen molar-refractivity contribution >= 4 is 17.5 Å². The van der Waals surface area contributed by atoms with Crippen molar-refractivity contribution in [1.82, 2.24) is 10.6 Å². The van der Waals surface area contributed by atoms with Crippen molar-refractivity contribution in [1.29, 1.82) is 0 Å². The molecule has 0 aliphatic carbocycles. The lowest BCUT2D eigenvalue weighted by Crippen LogP contribution is -2.45. The second kappa shape index (κ2) is 6.07. The van der Waals surface area contributed by atoms with Gasteiger partial charge in [0.05, 0.1) is 12.7 Å². The molecule has 1 aromatic carbocycles. The van der Waals surface area contributed by atoms with E-state index in [1.807, 2.05) is 0 Å².